The summed E-state index contributed by atoms with van der Waals surface area (Å²) >= 11 is 1.36. The summed E-state index contributed by atoms with van der Waals surface area (Å²) < 4.78 is 5.54. The van der Waals surface area contributed by atoms with Gasteiger partial charge in [0.05, 0.1) is 5.75 Å². The molecule has 2 aromatic rings. The van der Waals surface area contributed by atoms with E-state index in [2.05, 4.69) is 22.0 Å². The first-order chi connectivity index (χ1) is 8.81. The van der Waals surface area contributed by atoms with Gasteiger partial charge in [-0.05, 0) is 18.6 Å². The summed E-state index contributed by atoms with van der Waals surface area (Å²) in [5, 5.41) is 17.0. The molecule has 0 fully saturated rings. The van der Waals surface area contributed by atoms with E-state index in [1.165, 1.54) is 11.8 Å². The number of aromatic nitrogens is 2. The standard InChI is InChI=1S/C13H12N2O2S/c1-10-6-2-3-7-11(10)12-14-15-13(17-12)18-9-5-4-8-16/h2-3,6-7,16H,8-9H2,1H3. The average Bonchev–Trinajstić information content (AvgIpc) is 2.84. The van der Waals surface area contributed by atoms with Gasteiger partial charge in [0, 0.05) is 5.56 Å². The van der Waals surface area contributed by atoms with E-state index in [1.807, 2.05) is 31.2 Å². The third kappa shape index (κ3) is 3.13. The zero-order chi connectivity index (χ0) is 12.8. The lowest BCUT2D eigenvalue weighted by Crippen LogP contribution is -1.81. The van der Waals surface area contributed by atoms with Gasteiger partial charge in [-0.25, -0.2) is 0 Å². The van der Waals surface area contributed by atoms with Crippen molar-refractivity contribution in [3.63, 3.8) is 0 Å². The van der Waals surface area contributed by atoms with Crippen molar-refractivity contribution in [2.24, 2.45) is 0 Å². The third-order valence-corrected chi connectivity index (χ3v) is 2.95. The Bertz CT molecular complexity index is 584. The Labute approximate surface area is 109 Å². The highest BCUT2D eigenvalue weighted by Gasteiger charge is 2.10. The molecule has 0 aliphatic carbocycles. The van der Waals surface area contributed by atoms with Gasteiger partial charge >= 0.3 is 0 Å². The number of rotatable bonds is 3. The first-order valence-electron chi connectivity index (χ1n) is 5.40. The van der Waals surface area contributed by atoms with Crippen molar-refractivity contribution < 1.29 is 9.52 Å². The summed E-state index contributed by atoms with van der Waals surface area (Å²) in [6.45, 7) is 1.87. The highest BCUT2D eigenvalue weighted by atomic mass is 32.2. The maximum Gasteiger partial charge on any atom is 0.277 e. The molecule has 0 radical (unpaired) electrons. The number of hydrogen-bond acceptors (Lipinski definition) is 5. The summed E-state index contributed by atoms with van der Waals surface area (Å²) in [5.74, 6) is 6.38. The topological polar surface area (TPSA) is 59.2 Å². The Hall–Kier alpha value is -1.77. The highest BCUT2D eigenvalue weighted by Crippen LogP contribution is 2.25. The fraction of sp³-hybridized carbons (Fsp3) is 0.231. The minimum absolute atomic E-state index is 0.126. The molecule has 92 valence electrons. The molecule has 0 amide bonds. The molecule has 0 unspecified atom stereocenters. The zero-order valence-corrected chi connectivity index (χ0v) is 10.7. The van der Waals surface area contributed by atoms with E-state index in [-0.39, 0.29) is 6.61 Å². The van der Waals surface area contributed by atoms with Gasteiger partial charge in [-0.1, -0.05) is 41.8 Å². The zero-order valence-electron chi connectivity index (χ0n) is 9.88. The number of thioether (sulfide) groups is 1. The number of aryl methyl sites for hydroxylation is 1. The van der Waals surface area contributed by atoms with Crippen LogP contribution < -0.4 is 0 Å². The van der Waals surface area contributed by atoms with Crippen molar-refractivity contribution in [2.75, 3.05) is 12.4 Å². The summed E-state index contributed by atoms with van der Waals surface area (Å²) in [6.07, 6.45) is 0. The number of aliphatic hydroxyl groups excluding tert-OH is 1. The molecule has 0 saturated heterocycles. The van der Waals surface area contributed by atoms with Gasteiger partial charge in [0.2, 0.25) is 5.89 Å². The molecule has 0 aliphatic heterocycles. The summed E-state index contributed by atoms with van der Waals surface area (Å²) in [7, 11) is 0. The van der Waals surface area contributed by atoms with Crippen LogP contribution in [0.4, 0.5) is 0 Å². The Balaban J connectivity index is 2.09. The van der Waals surface area contributed by atoms with Crippen LogP contribution in [-0.2, 0) is 0 Å². The van der Waals surface area contributed by atoms with E-state index in [0.29, 0.717) is 16.9 Å². The molecule has 4 nitrogen and oxygen atoms in total. The van der Waals surface area contributed by atoms with E-state index in [1.54, 1.807) is 0 Å². The van der Waals surface area contributed by atoms with Crippen molar-refractivity contribution in [3.05, 3.63) is 29.8 Å². The second-order valence-electron chi connectivity index (χ2n) is 3.49. The van der Waals surface area contributed by atoms with Crippen molar-refractivity contribution in [1.29, 1.82) is 0 Å². The van der Waals surface area contributed by atoms with Crippen LogP contribution in [0.15, 0.2) is 33.9 Å². The van der Waals surface area contributed by atoms with Crippen molar-refractivity contribution in [1.82, 2.24) is 10.2 Å². The van der Waals surface area contributed by atoms with Crippen LogP contribution in [-0.4, -0.2) is 27.7 Å². The summed E-state index contributed by atoms with van der Waals surface area (Å²) in [4.78, 5) is 0. The van der Waals surface area contributed by atoms with E-state index in [4.69, 9.17) is 9.52 Å². The molecule has 0 saturated carbocycles. The molecule has 1 N–H and O–H groups in total. The van der Waals surface area contributed by atoms with Crippen molar-refractivity contribution in [3.8, 4) is 23.3 Å². The minimum atomic E-state index is -0.126. The number of hydrogen-bond donors (Lipinski definition) is 1. The molecule has 18 heavy (non-hydrogen) atoms. The largest absolute Gasteiger partial charge is 0.411 e. The van der Waals surface area contributed by atoms with Crippen molar-refractivity contribution in [2.45, 2.75) is 12.1 Å². The fourth-order valence-corrected chi connectivity index (χ4v) is 1.93. The van der Waals surface area contributed by atoms with Crippen LogP contribution in [0.25, 0.3) is 11.5 Å². The summed E-state index contributed by atoms with van der Waals surface area (Å²) in [5.41, 5.74) is 2.04. The fourth-order valence-electron chi connectivity index (χ4n) is 1.39. The average molecular weight is 260 g/mol. The molecule has 0 atom stereocenters. The predicted octanol–water partition coefficient (Wildman–Crippen LogP) is 2.13. The van der Waals surface area contributed by atoms with Gasteiger partial charge in [0.1, 0.15) is 6.61 Å². The first-order valence-corrected chi connectivity index (χ1v) is 6.38. The van der Waals surface area contributed by atoms with E-state index < -0.39 is 0 Å². The van der Waals surface area contributed by atoms with Crippen LogP contribution in [0, 0.1) is 18.8 Å². The van der Waals surface area contributed by atoms with E-state index >= 15 is 0 Å². The molecular formula is C13H12N2O2S. The lowest BCUT2D eigenvalue weighted by molar-refractivity contribution is 0.350. The van der Waals surface area contributed by atoms with Crippen LogP contribution in [0.1, 0.15) is 5.56 Å². The Morgan fingerprint density at radius 1 is 1.28 bits per heavy atom. The van der Waals surface area contributed by atoms with Gasteiger partial charge in [0.25, 0.3) is 5.22 Å². The highest BCUT2D eigenvalue weighted by molar-refractivity contribution is 7.99. The Morgan fingerprint density at radius 3 is 2.89 bits per heavy atom. The molecule has 5 heteroatoms. The third-order valence-electron chi connectivity index (χ3n) is 2.25. The molecule has 0 aliphatic rings. The predicted molar refractivity (Wildman–Crippen MR) is 70.1 cm³/mol. The SMILES string of the molecule is Cc1ccccc1-c1nnc(SCC#CCO)o1. The first kappa shape index (κ1) is 12.7. The van der Waals surface area contributed by atoms with Gasteiger partial charge in [-0.15, -0.1) is 10.2 Å². The van der Waals surface area contributed by atoms with Gasteiger partial charge in [-0.2, -0.15) is 0 Å². The monoisotopic (exact) mass is 260 g/mol. The van der Waals surface area contributed by atoms with E-state index in [0.717, 1.165) is 11.1 Å². The molecule has 0 bridgehead atoms. The second kappa shape index (κ2) is 6.24. The van der Waals surface area contributed by atoms with Gasteiger partial charge in [0.15, 0.2) is 0 Å². The lowest BCUT2D eigenvalue weighted by Gasteiger charge is -1.98. The molecular weight excluding hydrogens is 248 g/mol. The molecule has 1 aromatic carbocycles. The van der Waals surface area contributed by atoms with Crippen LogP contribution in [0.5, 0.6) is 0 Å². The van der Waals surface area contributed by atoms with Crippen LogP contribution >= 0.6 is 11.8 Å². The van der Waals surface area contributed by atoms with Crippen LogP contribution in [0.3, 0.4) is 0 Å². The molecule has 2 rings (SSSR count). The second-order valence-corrected chi connectivity index (χ2v) is 4.41. The number of benzene rings is 1. The van der Waals surface area contributed by atoms with Crippen LogP contribution in [0.2, 0.25) is 0 Å². The normalized spacial score (nSPS) is 9.89. The molecule has 0 spiro atoms. The Kier molecular flexibility index (Phi) is 4.40. The maximum atomic E-state index is 8.51. The molecule has 1 heterocycles. The van der Waals surface area contributed by atoms with Gasteiger partial charge in [-0.3, -0.25) is 0 Å². The molecule has 1 aromatic heterocycles. The Morgan fingerprint density at radius 2 is 2.11 bits per heavy atom. The number of aliphatic hydroxyl groups is 1. The maximum absolute atomic E-state index is 8.51. The lowest BCUT2D eigenvalue weighted by atomic mass is 10.1. The van der Waals surface area contributed by atoms with Gasteiger partial charge < -0.3 is 9.52 Å². The van der Waals surface area contributed by atoms with Crippen molar-refractivity contribution >= 4 is 11.8 Å². The summed E-state index contributed by atoms with van der Waals surface area (Å²) in [6, 6.07) is 7.85. The smallest absolute Gasteiger partial charge is 0.277 e. The van der Waals surface area contributed by atoms with E-state index in [9.17, 15) is 0 Å². The minimum Gasteiger partial charge on any atom is -0.411 e. The number of nitrogens with zero attached hydrogens (tertiary/aromatic N) is 2. The quantitative estimate of drug-likeness (QED) is 0.676.